The maximum Gasteiger partial charge on any atom is 0.264 e. The van der Waals surface area contributed by atoms with E-state index < -0.39 is 0 Å². The van der Waals surface area contributed by atoms with Crippen LogP contribution in [0.15, 0.2) is 89.9 Å². The van der Waals surface area contributed by atoms with Gasteiger partial charge in [0.2, 0.25) is 5.95 Å². The smallest absolute Gasteiger partial charge is 0.264 e. The largest absolute Gasteiger partial charge is 0.497 e. The molecule has 0 aliphatic carbocycles. The van der Waals surface area contributed by atoms with Gasteiger partial charge < -0.3 is 24.3 Å². The maximum absolute atomic E-state index is 14.0. The predicted octanol–water partition coefficient (Wildman–Crippen LogP) is 7.40. The van der Waals surface area contributed by atoms with E-state index in [0.29, 0.717) is 48.2 Å². The zero-order valence-electron chi connectivity index (χ0n) is 26.3. The van der Waals surface area contributed by atoms with E-state index in [2.05, 4.69) is 24.1 Å². The van der Waals surface area contributed by atoms with Crippen molar-refractivity contribution in [3.8, 4) is 11.5 Å². The first-order chi connectivity index (χ1) is 21.9. The number of nitrogens with zero attached hydrogens (tertiary/aromatic N) is 4. The molecule has 0 amide bonds. The lowest BCUT2D eigenvalue weighted by atomic mass is 10.1. The van der Waals surface area contributed by atoms with Crippen molar-refractivity contribution < 1.29 is 9.47 Å². The number of aromatic nitrogens is 3. The Morgan fingerprint density at radius 3 is 1.91 bits per heavy atom. The first kappa shape index (κ1) is 31.9. The van der Waals surface area contributed by atoms with Gasteiger partial charge in [-0.05, 0) is 65.9 Å². The standard InChI is InChI=1S/C36H40ClN5O3/c1-5-6-25(2)38-34-33-32(19-20-41(35(33)43)22-27-9-7-26(21-37)8-10-27)39-36(40-34)42(23-28-11-15-30(44-3)16-12-28)24-29-13-17-31(45-4)18-14-29/h7-20,25H,5-6,21-24H2,1-4H3,(H,38,39,40)/t25-/m1/s1. The summed E-state index contributed by atoms with van der Waals surface area (Å²) in [5.41, 5.74) is 4.68. The summed E-state index contributed by atoms with van der Waals surface area (Å²) in [7, 11) is 3.32. The van der Waals surface area contributed by atoms with Crippen molar-refractivity contribution in [2.45, 2.75) is 58.2 Å². The van der Waals surface area contributed by atoms with E-state index in [4.69, 9.17) is 31.0 Å². The molecule has 3 aromatic carbocycles. The molecule has 0 saturated carbocycles. The molecular formula is C36H40ClN5O3. The molecule has 2 heterocycles. The van der Waals surface area contributed by atoms with Gasteiger partial charge in [-0.1, -0.05) is 61.9 Å². The number of ether oxygens (including phenoxy) is 2. The molecule has 0 unspecified atom stereocenters. The molecule has 0 spiro atoms. The van der Waals surface area contributed by atoms with Gasteiger partial charge in [-0.2, -0.15) is 4.98 Å². The number of fused-ring (bicyclic) bond motifs is 1. The predicted molar refractivity (Wildman–Crippen MR) is 183 cm³/mol. The van der Waals surface area contributed by atoms with Crippen LogP contribution in [0.5, 0.6) is 11.5 Å². The number of rotatable bonds is 14. The first-order valence-electron chi connectivity index (χ1n) is 15.2. The number of nitrogens with one attached hydrogen (secondary N) is 1. The van der Waals surface area contributed by atoms with Crippen LogP contribution in [0, 0.1) is 0 Å². The minimum atomic E-state index is -0.136. The molecule has 9 heteroatoms. The SMILES string of the molecule is CCC[C@@H](C)Nc1nc(N(Cc2ccc(OC)cc2)Cc2ccc(OC)cc2)nc2ccn(Cc3ccc(CCl)cc3)c(=O)c12. The van der Waals surface area contributed by atoms with E-state index in [0.717, 1.165) is 46.6 Å². The van der Waals surface area contributed by atoms with E-state index in [9.17, 15) is 4.79 Å². The molecule has 2 aromatic heterocycles. The van der Waals surface area contributed by atoms with Gasteiger partial charge in [0, 0.05) is 31.2 Å². The van der Waals surface area contributed by atoms with Crippen molar-refractivity contribution in [1.82, 2.24) is 14.5 Å². The van der Waals surface area contributed by atoms with E-state index in [-0.39, 0.29) is 11.6 Å². The van der Waals surface area contributed by atoms with Gasteiger partial charge in [0.1, 0.15) is 22.7 Å². The summed E-state index contributed by atoms with van der Waals surface area (Å²) in [6, 6.07) is 26.0. The lowest BCUT2D eigenvalue weighted by Crippen LogP contribution is -2.27. The van der Waals surface area contributed by atoms with Gasteiger partial charge in [0.15, 0.2) is 0 Å². The van der Waals surface area contributed by atoms with Gasteiger partial charge in [0.05, 0.1) is 26.3 Å². The van der Waals surface area contributed by atoms with Crippen LogP contribution in [-0.4, -0.2) is 34.8 Å². The molecule has 8 nitrogen and oxygen atoms in total. The molecule has 1 atom stereocenters. The highest BCUT2D eigenvalue weighted by atomic mass is 35.5. The minimum Gasteiger partial charge on any atom is -0.497 e. The van der Waals surface area contributed by atoms with Crippen molar-refractivity contribution in [2.75, 3.05) is 24.4 Å². The van der Waals surface area contributed by atoms with Crippen LogP contribution < -0.4 is 25.2 Å². The highest BCUT2D eigenvalue weighted by Crippen LogP contribution is 2.26. The van der Waals surface area contributed by atoms with Gasteiger partial charge in [0.25, 0.3) is 5.56 Å². The summed E-state index contributed by atoms with van der Waals surface area (Å²) in [4.78, 5) is 26.1. The molecule has 5 rings (SSSR count). The highest BCUT2D eigenvalue weighted by Gasteiger charge is 2.19. The highest BCUT2D eigenvalue weighted by molar-refractivity contribution is 6.17. The molecule has 45 heavy (non-hydrogen) atoms. The summed E-state index contributed by atoms with van der Waals surface area (Å²) < 4.78 is 12.5. The number of alkyl halides is 1. The van der Waals surface area contributed by atoms with Crippen LogP contribution >= 0.6 is 11.6 Å². The van der Waals surface area contributed by atoms with E-state index >= 15 is 0 Å². The second-order valence-electron chi connectivity index (χ2n) is 11.2. The van der Waals surface area contributed by atoms with Gasteiger partial charge in [-0.3, -0.25) is 4.79 Å². The Labute approximate surface area is 269 Å². The average molecular weight is 626 g/mol. The van der Waals surface area contributed by atoms with E-state index in [1.54, 1.807) is 18.8 Å². The Bertz CT molecular complexity index is 1710. The maximum atomic E-state index is 14.0. The van der Waals surface area contributed by atoms with Crippen molar-refractivity contribution in [2.24, 2.45) is 0 Å². The lowest BCUT2D eigenvalue weighted by molar-refractivity contribution is 0.414. The van der Waals surface area contributed by atoms with Crippen LogP contribution in [0.4, 0.5) is 11.8 Å². The number of hydrogen-bond donors (Lipinski definition) is 1. The molecule has 234 valence electrons. The quantitative estimate of drug-likeness (QED) is 0.129. The summed E-state index contributed by atoms with van der Waals surface area (Å²) in [6.07, 6.45) is 3.76. The number of benzene rings is 3. The molecule has 0 radical (unpaired) electrons. The summed E-state index contributed by atoms with van der Waals surface area (Å²) in [5, 5.41) is 4.03. The second-order valence-corrected chi connectivity index (χ2v) is 11.5. The molecule has 0 saturated heterocycles. The van der Waals surface area contributed by atoms with Crippen molar-refractivity contribution in [3.63, 3.8) is 0 Å². The third-order valence-corrected chi connectivity index (χ3v) is 8.10. The Kier molecular flexibility index (Phi) is 10.6. The number of methoxy groups -OCH3 is 2. The van der Waals surface area contributed by atoms with Crippen LogP contribution in [0.2, 0.25) is 0 Å². The van der Waals surface area contributed by atoms with Crippen molar-refractivity contribution in [3.05, 3.63) is 118 Å². The third-order valence-electron chi connectivity index (χ3n) is 7.80. The normalized spacial score (nSPS) is 11.8. The summed E-state index contributed by atoms with van der Waals surface area (Å²) in [6.45, 7) is 5.81. The Morgan fingerprint density at radius 2 is 1.38 bits per heavy atom. The molecule has 5 aromatic rings. The van der Waals surface area contributed by atoms with Crippen LogP contribution in [0.1, 0.15) is 48.9 Å². The second kappa shape index (κ2) is 14.9. The molecule has 0 bridgehead atoms. The number of pyridine rings is 1. The van der Waals surface area contributed by atoms with Gasteiger partial charge >= 0.3 is 0 Å². The van der Waals surface area contributed by atoms with E-state index in [1.165, 1.54) is 0 Å². The third kappa shape index (κ3) is 7.94. The molecule has 0 aliphatic rings. The van der Waals surface area contributed by atoms with Crippen molar-refractivity contribution >= 4 is 34.3 Å². The topological polar surface area (TPSA) is 81.5 Å². The Hall–Kier alpha value is -4.56. The zero-order chi connectivity index (χ0) is 31.8. The van der Waals surface area contributed by atoms with E-state index in [1.807, 2.05) is 85.1 Å². The molecule has 0 aliphatic heterocycles. The number of hydrogen-bond acceptors (Lipinski definition) is 7. The zero-order valence-corrected chi connectivity index (χ0v) is 27.1. The molecular weight excluding hydrogens is 586 g/mol. The first-order valence-corrected chi connectivity index (χ1v) is 15.8. The number of halogens is 1. The van der Waals surface area contributed by atoms with Crippen LogP contribution in [-0.2, 0) is 25.5 Å². The van der Waals surface area contributed by atoms with Crippen molar-refractivity contribution in [1.29, 1.82) is 0 Å². The minimum absolute atomic E-state index is 0.119. The fourth-order valence-corrected chi connectivity index (χ4v) is 5.49. The number of anilines is 2. The lowest BCUT2D eigenvalue weighted by Gasteiger charge is -2.25. The average Bonchev–Trinajstić information content (AvgIpc) is 3.06. The van der Waals surface area contributed by atoms with Crippen LogP contribution in [0.3, 0.4) is 0 Å². The summed E-state index contributed by atoms with van der Waals surface area (Å²) in [5.74, 6) is 3.13. The van der Waals surface area contributed by atoms with Crippen LogP contribution in [0.25, 0.3) is 10.9 Å². The fraction of sp³-hybridized carbons (Fsp3) is 0.306. The molecule has 1 N–H and O–H groups in total. The molecule has 0 fully saturated rings. The monoisotopic (exact) mass is 625 g/mol. The summed E-state index contributed by atoms with van der Waals surface area (Å²) >= 11 is 5.97. The Morgan fingerprint density at radius 1 is 0.822 bits per heavy atom. The Balaban J connectivity index is 1.58. The van der Waals surface area contributed by atoms with Gasteiger partial charge in [-0.25, -0.2) is 4.98 Å². The fourth-order valence-electron chi connectivity index (χ4n) is 5.31. The van der Waals surface area contributed by atoms with Gasteiger partial charge in [-0.15, -0.1) is 11.6 Å².